The third-order valence-corrected chi connectivity index (χ3v) is 7.48. The summed E-state index contributed by atoms with van der Waals surface area (Å²) in [6, 6.07) is 8.23. The molecule has 1 aliphatic rings. The molecule has 0 saturated carbocycles. The number of rotatable bonds is 6. The van der Waals surface area contributed by atoms with Gasteiger partial charge in [-0.3, -0.25) is 9.59 Å². The molecule has 1 atom stereocenters. The third kappa shape index (κ3) is 5.68. The number of carbonyl (C=O) groups excluding carboxylic acids is 2. The molecule has 32 heavy (non-hydrogen) atoms. The molecular formula is C22H25F2N3O4S. The second kappa shape index (κ2) is 10.2. The minimum atomic E-state index is -3.83. The average molecular weight is 466 g/mol. The van der Waals surface area contributed by atoms with Crippen LogP contribution >= 0.6 is 0 Å². The van der Waals surface area contributed by atoms with Crippen LogP contribution in [0.2, 0.25) is 0 Å². The van der Waals surface area contributed by atoms with Crippen molar-refractivity contribution in [2.45, 2.75) is 43.5 Å². The normalized spacial score (nSPS) is 17.0. The predicted molar refractivity (Wildman–Crippen MR) is 115 cm³/mol. The van der Waals surface area contributed by atoms with Crippen LogP contribution in [0.1, 0.15) is 31.2 Å². The van der Waals surface area contributed by atoms with Gasteiger partial charge >= 0.3 is 11.8 Å². The Balaban J connectivity index is 1.60. The molecule has 0 spiro atoms. The van der Waals surface area contributed by atoms with Gasteiger partial charge in [-0.2, -0.15) is 4.31 Å². The topological polar surface area (TPSA) is 95.6 Å². The smallest absolute Gasteiger partial charge is 0.313 e. The number of nitrogens with zero attached hydrogens (tertiary/aromatic N) is 1. The molecular weight excluding hydrogens is 440 g/mol. The number of nitrogens with one attached hydrogen (secondary N) is 2. The van der Waals surface area contributed by atoms with Crippen LogP contribution in [0.3, 0.4) is 0 Å². The van der Waals surface area contributed by atoms with Crippen LogP contribution in [0.15, 0.2) is 47.4 Å². The van der Waals surface area contributed by atoms with Crippen molar-refractivity contribution in [2.75, 3.05) is 18.4 Å². The minimum absolute atomic E-state index is 0.0634. The molecule has 2 aromatic carbocycles. The molecule has 2 amide bonds. The Hall–Kier alpha value is -2.85. The van der Waals surface area contributed by atoms with E-state index in [0.717, 1.165) is 24.6 Å². The van der Waals surface area contributed by atoms with Gasteiger partial charge in [-0.05, 0) is 74.2 Å². The largest absolute Gasteiger partial charge is 0.348 e. The molecule has 1 saturated heterocycles. The molecule has 3 rings (SSSR count). The summed E-state index contributed by atoms with van der Waals surface area (Å²) in [5.74, 6) is -2.73. The lowest BCUT2D eigenvalue weighted by molar-refractivity contribution is -0.136. The molecule has 7 nitrogen and oxygen atoms in total. The lowest BCUT2D eigenvalue weighted by Gasteiger charge is -2.35. The molecule has 10 heteroatoms. The Morgan fingerprint density at radius 1 is 1.03 bits per heavy atom. The molecule has 0 unspecified atom stereocenters. The maximum absolute atomic E-state index is 13.4. The second-order valence-corrected chi connectivity index (χ2v) is 9.54. The Labute approximate surface area is 185 Å². The van der Waals surface area contributed by atoms with Crippen LogP contribution in [0, 0.1) is 18.6 Å². The summed E-state index contributed by atoms with van der Waals surface area (Å²) in [5.41, 5.74) is 0.617. The molecule has 2 N–H and O–H groups in total. The van der Waals surface area contributed by atoms with Crippen LogP contribution in [-0.4, -0.2) is 43.7 Å². The molecule has 0 bridgehead atoms. The first-order valence-corrected chi connectivity index (χ1v) is 11.8. The van der Waals surface area contributed by atoms with Gasteiger partial charge in [0.2, 0.25) is 10.0 Å². The number of anilines is 1. The number of sulfonamides is 1. The molecule has 0 aliphatic carbocycles. The van der Waals surface area contributed by atoms with E-state index in [2.05, 4.69) is 10.6 Å². The fraction of sp³-hybridized carbons (Fsp3) is 0.364. The first-order chi connectivity index (χ1) is 15.2. The number of benzene rings is 2. The molecule has 1 heterocycles. The van der Waals surface area contributed by atoms with E-state index < -0.39 is 33.5 Å². The van der Waals surface area contributed by atoms with Gasteiger partial charge < -0.3 is 10.6 Å². The number of aryl methyl sites for hydroxylation is 1. The molecule has 0 radical (unpaired) electrons. The lowest BCUT2D eigenvalue weighted by atomic mass is 10.0. The zero-order valence-corrected chi connectivity index (χ0v) is 18.4. The SMILES string of the molecule is Cc1cc(F)ccc1S(=O)(=O)N1CCCC[C@@H]1CCNC(=O)C(=O)Nc1ccc(F)cc1. The lowest BCUT2D eigenvalue weighted by Crippen LogP contribution is -2.46. The molecule has 1 fully saturated rings. The Morgan fingerprint density at radius 3 is 2.41 bits per heavy atom. The molecule has 172 valence electrons. The van der Waals surface area contributed by atoms with Gasteiger partial charge in [-0.1, -0.05) is 6.42 Å². The molecule has 2 aromatic rings. The van der Waals surface area contributed by atoms with Crippen molar-refractivity contribution in [1.29, 1.82) is 0 Å². The predicted octanol–water partition coefficient (Wildman–Crippen LogP) is 2.96. The number of hydrogen-bond donors (Lipinski definition) is 2. The fourth-order valence-corrected chi connectivity index (χ4v) is 5.69. The van der Waals surface area contributed by atoms with Crippen LogP contribution in [-0.2, 0) is 19.6 Å². The van der Waals surface area contributed by atoms with Crippen molar-refractivity contribution in [3.05, 3.63) is 59.7 Å². The Kier molecular flexibility index (Phi) is 7.57. The minimum Gasteiger partial charge on any atom is -0.348 e. The highest BCUT2D eigenvalue weighted by molar-refractivity contribution is 7.89. The van der Waals surface area contributed by atoms with E-state index in [1.807, 2.05) is 0 Å². The summed E-state index contributed by atoms with van der Waals surface area (Å²) in [5, 5.41) is 4.86. The van der Waals surface area contributed by atoms with Crippen LogP contribution in [0.4, 0.5) is 14.5 Å². The van der Waals surface area contributed by atoms with Crippen molar-refractivity contribution in [3.8, 4) is 0 Å². The average Bonchev–Trinajstić information content (AvgIpc) is 2.75. The van der Waals surface area contributed by atoms with Gasteiger partial charge in [0.15, 0.2) is 0 Å². The van der Waals surface area contributed by atoms with E-state index in [4.69, 9.17) is 0 Å². The van der Waals surface area contributed by atoms with E-state index >= 15 is 0 Å². The van der Waals surface area contributed by atoms with Crippen LogP contribution in [0.25, 0.3) is 0 Å². The number of amides is 2. The summed E-state index contributed by atoms with van der Waals surface area (Å²) in [6.07, 6.45) is 2.51. The van der Waals surface area contributed by atoms with E-state index in [1.165, 1.54) is 28.6 Å². The highest BCUT2D eigenvalue weighted by Gasteiger charge is 2.34. The fourth-order valence-electron chi connectivity index (χ4n) is 3.76. The summed E-state index contributed by atoms with van der Waals surface area (Å²) in [4.78, 5) is 24.1. The van der Waals surface area contributed by atoms with Crippen molar-refractivity contribution < 1.29 is 26.8 Å². The van der Waals surface area contributed by atoms with Crippen LogP contribution < -0.4 is 10.6 Å². The Morgan fingerprint density at radius 2 is 1.72 bits per heavy atom. The highest BCUT2D eigenvalue weighted by Crippen LogP contribution is 2.28. The zero-order valence-electron chi connectivity index (χ0n) is 17.6. The van der Waals surface area contributed by atoms with Crippen molar-refractivity contribution >= 4 is 27.5 Å². The first-order valence-electron chi connectivity index (χ1n) is 10.3. The standard InChI is InChI=1S/C22H25F2N3O4S/c1-15-14-17(24)7-10-20(15)32(30,31)27-13-3-2-4-19(27)11-12-25-21(28)22(29)26-18-8-5-16(23)6-9-18/h5-10,14,19H,2-4,11-13H2,1H3,(H,25,28)(H,26,29)/t19-/m1/s1. The van der Waals surface area contributed by atoms with Crippen molar-refractivity contribution in [1.82, 2.24) is 9.62 Å². The van der Waals surface area contributed by atoms with E-state index in [9.17, 15) is 26.8 Å². The zero-order chi connectivity index (χ0) is 23.3. The van der Waals surface area contributed by atoms with Crippen molar-refractivity contribution in [3.63, 3.8) is 0 Å². The monoisotopic (exact) mass is 465 g/mol. The summed E-state index contributed by atoms with van der Waals surface area (Å²) >= 11 is 0. The number of carbonyl (C=O) groups is 2. The van der Waals surface area contributed by atoms with Gasteiger partial charge in [0.05, 0.1) is 4.90 Å². The van der Waals surface area contributed by atoms with Gasteiger partial charge in [-0.25, -0.2) is 17.2 Å². The first kappa shape index (κ1) is 23.8. The second-order valence-electron chi connectivity index (χ2n) is 7.68. The van der Waals surface area contributed by atoms with Crippen molar-refractivity contribution in [2.24, 2.45) is 0 Å². The van der Waals surface area contributed by atoms with E-state index in [0.29, 0.717) is 31.4 Å². The highest BCUT2D eigenvalue weighted by atomic mass is 32.2. The van der Waals surface area contributed by atoms with Gasteiger partial charge in [0.1, 0.15) is 11.6 Å². The van der Waals surface area contributed by atoms with Gasteiger partial charge in [0.25, 0.3) is 0 Å². The Bertz CT molecular complexity index is 1090. The maximum Gasteiger partial charge on any atom is 0.313 e. The number of hydrogen-bond acceptors (Lipinski definition) is 4. The van der Waals surface area contributed by atoms with E-state index in [1.54, 1.807) is 6.92 Å². The molecule has 0 aromatic heterocycles. The summed E-state index contributed by atoms with van der Waals surface area (Å²) in [7, 11) is -3.83. The van der Waals surface area contributed by atoms with Gasteiger partial charge in [0, 0.05) is 24.8 Å². The van der Waals surface area contributed by atoms with E-state index in [-0.39, 0.29) is 23.2 Å². The van der Waals surface area contributed by atoms with Gasteiger partial charge in [-0.15, -0.1) is 0 Å². The maximum atomic E-state index is 13.4. The third-order valence-electron chi connectivity index (χ3n) is 5.37. The quantitative estimate of drug-likeness (QED) is 0.642. The van der Waals surface area contributed by atoms with Crippen LogP contribution in [0.5, 0.6) is 0 Å². The number of piperidine rings is 1. The molecule has 1 aliphatic heterocycles. The summed E-state index contributed by atoms with van der Waals surface area (Å²) < 4.78 is 54.1. The number of halogens is 2. The summed E-state index contributed by atoms with van der Waals surface area (Å²) in [6.45, 7) is 1.99.